The molecule has 1 atom stereocenters. The second-order valence-electron chi connectivity index (χ2n) is 3.55. The zero-order chi connectivity index (χ0) is 11.2. The molecule has 0 aromatic carbocycles. The standard InChI is InChI=1S/C10H12ClN3S/c1-4-6(3)15-10-7(4)8(12)13-9(14-10)5(2)11/h5H,1-3H3,(H2,12,13,14)/t5-/m0/s1. The summed E-state index contributed by atoms with van der Waals surface area (Å²) in [5.74, 6) is 1.13. The molecule has 0 unspecified atom stereocenters. The summed E-state index contributed by atoms with van der Waals surface area (Å²) in [5.41, 5.74) is 7.07. The Balaban J connectivity index is 2.78. The predicted octanol–water partition coefficient (Wildman–Crippen LogP) is 3.19. The first-order chi connectivity index (χ1) is 7.00. The van der Waals surface area contributed by atoms with Gasteiger partial charge in [0.05, 0.1) is 10.8 Å². The molecule has 0 spiro atoms. The molecule has 80 valence electrons. The Hall–Kier alpha value is -0.870. The van der Waals surface area contributed by atoms with Crippen molar-refractivity contribution in [3.8, 4) is 0 Å². The van der Waals surface area contributed by atoms with E-state index in [1.54, 1.807) is 11.3 Å². The number of nitrogens with two attached hydrogens (primary N) is 1. The fraction of sp³-hybridized carbons (Fsp3) is 0.400. The first-order valence-corrected chi connectivity index (χ1v) is 5.93. The highest BCUT2D eigenvalue weighted by Gasteiger charge is 2.14. The van der Waals surface area contributed by atoms with E-state index in [0.29, 0.717) is 11.6 Å². The molecule has 2 rings (SSSR count). The monoisotopic (exact) mass is 241 g/mol. The minimum Gasteiger partial charge on any atom is -0.383 e. The third kappa shape index (κ3) is 1.68. The van der Waals surface area contributed by atoms with Crippen LogP contribution in [-0.4, -0.2) is 9.97 Å². The molecule has 5 heteroatoms. The molecule has 0 fully saturated rings. The second kappa shape index (κ2) is 3.61. The van der Waals surface area contributed by atoms with Crippen LogP contribution in [0.3, 0.4) is 0 Å². The Bertz CT molecular complexity index is 519. The Morgan fingerprint density at radius 2 is 2.00 bits per heavy atom. The number of nitrogens with zero attached hydrogens (tertiary/aromatic N) is 2. The molecular formula is C10H12ClN3S. The average molecular weight is 242 g/mol. The molecule has 2 heterocycles. The van der Waals surface area contributed by atoms with Crippen LogP contribution in [0.1, 0.15) is 28.6 Å². The topological polar surface area (TPSA) is 51.8 Å². The molecule has 0 amide bonds. The highest BCUT2D eigenvalue weighted by Crippen LogP contribution is 2.33. The molecule has 2 N–H and O–H groups in total. The normalized spacial score (nSPS) is 13.3. The van der Waals surface area contributed by atoms with Gasteiger partial charge >= 0.3 is 0 Å². The van der Waals surface area contributed by atoms with Crippen molar-refractivity contribution >= 4 is 39.0 Å². The van der Waals surface area contributed by atoms with Crippen molar-refractivity contribution in [3.63, 3.8) is 0 Å². The van der Waals surface area contributed by atoms with Crippen molar-refractivity contribution in [2.24, 2.45) is 0 Å². The van der Waals surface area contributed by atoms with E-state index in [4.69, 9.17) is 17.3 Å². The summed E-state index contributed by atoms with van der Waals surface area (Å²) in [7, 11) is 0. The molecule has 0 aliphatic heterocycles. The smallest absolute Gasteiger partial charge is 0.149 e. The quantitative estimate of drug-likeness (QED) is 0.781. The number of fused-ring (bicyclic) bond motifs is 1. The van der Waals surface area contributed by atoms with Gasteiger partial charge in [-0.05, 0) is 26.3 Å². The number of nitrogen functional groups attached to an aromatic ring is 1. The van der Waals surface area contributed by atoms with Crippen molar-refractivity contribution in [2.45, 2.75) is 26.1 Å². The summed E-state index contributed by atoms with van der Waals surface area (Å²) in [6.07, 6.45) is 0. The Morgan fingerprint density at radius 3 is 2.60 bits per heavy atom. The van der Waals surface area contributed by atoms with E-state index in [9.17, 15) is 0 Å². The largest absolute Gasteiger partial charge is 0.383 e. The van der Waals surface area contributed by atoms with Gasteiger partial charge in [-0.15, -0.1) is 22.9 Å². The van der Waals surface area contributed by atoms with Crippen molar-refractivity contribution in [1.29, 1.82) is 0 Å². The van der Waals surface area contributed by atoms with Crippen LogP contribution < -0.4 is 5.73 Å². The lowest BCUT2D eigenvalue weighted by Gasteiger charge is -2.03. The predicted molar refractivity (Wildman–Crippen MR) is 65.6 cm³/mol. The van der Waals surface area contributed by atoms with E-state index >= 15 is 0 Å². The fourth-order valence-corrected chi connectivity index (χ4v) is 2.62. The SMILES string of the molecule is Cc1sc2nc([C@H](C)Cl)nc(N)c2c1C. The Kier molecular flexibility index (Phi) is 2.56. The lowest BCUT2D eigenvalue weighted by atomic mass is 10.2. The number of aryl methyl sites for hydroxylation is 2. The molecule has 0 saturated carbocycles. The van der Waals surface area contributed by atoms with Crippen LogP contribution in [0, 0.1) is 13.8 Å². The van der Waals surface area contributed by atoms with Crippen molar-refractivity contribution in [1.82, 2.24) is 9.97 Å². The van der Waals surface area contributed by atoms with E-state index in [0.717, 1.165) is 10.2 Å². The van der Waals surface area contributed by atoms with Crippen LogP contribution >= 0.6 is 22.9 Å². The fourth-order valence-electron chi connectivity index (χ4n) is 1.48. The number of hydrogen-bond donors (Lipinski definition) is 1. The summed E-state index contributed by atoms with van der Waals surface area (Å²) in [6.45, 7) is 5.94. The molecular weight excluding hydrogens is 230 g/mol. The van der Waals surface area contributed by atoms with Gasteiger partial charge in [0.1, 0.15) is 16.5 Å². The van der Waals surface area contributed by atoms with E-state index in [2.05, 4.69) is 16.9 Å². The number of halogens is 1. The van der Waals surface area contributed by atoms with Crippen LogP contribution in [0.15, 0.2) is 0 Å². The maximum Gasteiger partial charge on any atom is 0.149 e. The molecule has 0 saturated heterocycles. The number of hydrogen-bond acceptors (Lipinski definition) is 4. The molecule has 0 bridgehead atoms. The van der Waals surface area contributed by atoms with Gasteiger partial charge in [0.2, 0.25) is 0 Å². The van der Waals surface area contributed by atoms with Crippen LogP contribution in [0.5, 0.6) is 0 Å². The first-order valence-electron chi connectivity index (χ1n) is 4.68. The molecule has 0 aliphatic rings. The van der Waals surface area contributed by atoms with Gasteiger partial charge in [-0.25, -0.2) is 9.97 Å². The summed E-state index contributed by atoms with van der Waals surface area (Å²) in [4.78, 5) is 10.8. The third-order valence-corrected chi connectivity index (χ3v) is 3.73. The minimum absolute atomic E-state index is 0.209. The average Bonchev–Trinajstić information content (AvgIpc) is 2.42. The molecule has 0 radical (unpaired) electrons. The first kappa shape index (κ1) is 10.6. The maximum absolute atomic E-state index is 5.95. The van der Waals surface area contributed by atoms with Gasteiger partial charge in [0.25, 0.3) is 0 Å². The maximum atomic E-state index is 5.95. The molecule has 15 heavy (non-hydrogen) atoms. The Labute approximate surface area is 97.3 Å². The van der Waals surface area contributed by atoms with Gasteiger partial charge in [0, 0.05) is 4.88 Å². The van der Waals surface area contributed by atoms with Crippen LogP contribution in [-0.2, 0) is 0 Å². The van der Waals surface area contributed by atoms with E-state index in [1.807, 2.05) is 13.8 Å². The van der Waals surface area contributed by atoms with Gasteiger partial charge in [-0.3, -0.25) is 0 Å². The van der Waals surface area contributed by atoms with Crippen molar-refractivity contribution in [3.05, 3.63) is 16.3 Å². The summed E-state index contributed by atoms with van der Waals surface area (Å²) >= 11 is 7.58. The van der Waals surface area contributed by atoms with Gasteiger partial charge in [-0.2, -0.15) is 0 Å². The highest BCUT2D eigenvalue weighted by molar-refractivity contribution is 7.18. The van der Waals surface area contributed by atoms with Gasteiger partial charge in [-0.1, -0.05) is 0 Å². The van der Waals surface area contributed by atoms with E-state index in [-0.39, 0.29) is 5.38 Å². The van der Waals surface area contributed by atoms with Crippen LogP contribution in [0.2, 0.25) is 0 Å². The van der Waals surface area contributed by atoms with E-state index in [1.165, 1.54) is 10.4 Å². The number of thiophene rings is 1. The zero-order valence-electron chi connectivity index (χ0n) is 8.84. The van der Waals surface area contributed by atoms with Crippen LogP contribution in [0.25, 0.3) is 10.2 Å². The zero-order valence-corrected chi connectivity index (χ0v) is 10.4. The van der Waals surface area contributed by atoms with Gasteiger partial charge in [0.15, 0.2) is 0 Å². The number of anilines is 1. The molecule has 3 nitrogen and oxygen atoms in total. The van der Waals surface area contributed by atoms with Gasteiger partial charge < -0.3 is 5.73 Å². The highest BCUT2D eigenvalue weighted by atomic mass is 35.5. The lowest BCUT2D eigenvalue weighted by molar-refractivity contribution is 0.935. The molecule has 2 aromatic heterocycles. The number of rotatable bonds is 1. The van der Waals surface area contributed by atoms with Crippen molar-refractivity contribution < 1.29 is 0 Å². The Morgan fingerprint density at radius 1 is 1.33 bits per heavy atom. The summed E-state index contributed by atoms with van der Waals surface area (Å²) in [6, 6.07) is 0. The van der Waals surface area contributed by atoms with E-state index < -0.39 is 0 Å². The minimum atomic E-state index is -0.209. The van der Waals surface area contributed by atoms with Crippen LogP contribution in [0.4, 0.5) is 5.82 Å². The number of alkyl halides is 1. The summed E-state index contributed by atoms with van der Waals surface area (Å²) < 4.78 is 0. The number of aromatic nitrogens is 2. The second-order valence-corrected chi connectivity index (χ2v) is 5.40. The lowest BCUT2D eigenvalue weighted by Crippen LogP contribution is -2.00. The molecule has 0 aliphatic carbocycles. The molecule has 2 aromatic rings. The summed E-state index contributed by atoms with van der Waals surface area (Å²) in [5, 5.41) is 0.762. The van der Waals surface area contributed by atoms with Crippen molar-refractivity contribution in [2.75, 3.05) is 5.73 Å². The third-order valence-electron chi connectivity index (χ3n) is 2.43.